The quantitative estimate of drug-likeness (QED) is 0.279. The highest BCUT2D eigenvalue weighted by molar-refractivity contribution is 5.78. The Labute approximate surface area is 125 Å². The van der Waals surface area contributed by atoms with Crippen molar-refractivity contribution in [3.05, 3.63) is 35.9 Å². The van der Waals surface area contributed by atoms with Crippen molar-refractivity contribution in [3.63, 3.8) is 0 Å². The first kappa shape index (κ1) is 17.1. The smallest absolute Gasteiger partial charge is 0.320 e. The summed E-state index contributed by atoms with van der Waals surface area (Å²) in [5.41, 5.74) is 9.28. The second-order valence-electron chi connectivity index (χ2n) is 4.78. The highest BCUT2D eigenvalue weighted by atomic mass is 16.6. The standard InChI is InChI=1S/C15H23N3O3/c1-12(17-10-6-5-9-14(16)15(19)20)18-21-11-13-7-3-2-4-8-13/h2-4,7-8,14H,5-6,9-11,16H2,1H3,(H,17,18)(H,19,20). The maximum Gasteiger partial charge on any atom is 0.320 e. The fourth-order valence-electron chi connectivity index (χ4n) is 1.68. The maximum atomic E-state index is 10.5. The number of benzene rings is 1. The van der Waals surface area contributed by atoms with Crippen molar-refractivity contribution in [1.29, 1.82) is 0 Å². The van der Waals surface area contributed by atoms with Gasteiger partial charge >= 0.3 is 5.97 Å². The normalized spacial score (nSPS) is 13.0. The lowest BCUT2D eigenvalue weighted by Gasteiger charge is -2.07. The van der Waals surface area contributed by atoms with Gasteiger partial charge in [-0.25, -0.2) is 0 Å². The molecule has 1 unspecified atom stereocenters. The van der Waals surface area contributed by atoms with Gasteiger partial charge in [-0.1, -0.05) is 30.3 Å². The molecule has 1 atom stereocenters. The molecule has 116 valence electrons. The van der Waals surface area contributed by atoms with Gasteiger partial charge in [-0.2, -0.15) is 0 Å². The van der Waals surface area contributed by atoms with Gasteiger partial charge in [-0.15, -0.1) is 0 Å². The van der Waals surface area contributed by atoms with E-state index < -0.39 is 12.0 Å². The molecule has 0 spiro atoms. The first-order chi connectivity index (χ1) is 10.1. The number of rotatable bonds is 9. The maximum absolute atomic E-state index is 10.5. The molecule has 0 aliphatic heterocycles. The minimum absolute atomic E-state index is 0.473. The Morgan fingerprint density at radius 2 is 2.10 bits per heavy atom. The van der Waals surface area contributed by atoms with E-state index in [2.05, 4.69) is 10.5 Å². The number of nitrogens with one attached hydrogen (secondary N) is 1. The van der Waals surface area contributed by atoms with E-state index in [0.717, 1.165) is 18.4 Å². The van der Waals surface area contributed by atoms with Crippen molar-refractivity contribution in [2.75, 3.05) is 6.54 Å². The number of aliphatic imine (C=N–C) groups is 1. The van der Waals surface area contributed by atoms with Gasteiger partial charge in [0.2, 0.25) is 0 Å². The van der Waals surface area contributed by atoms with Crippen LogP contribution in [0.2, 0.25) is 0 Å². The number of hydroxylamine groups is 1. The number of aliphatic carboxylic acids is 1. The molecule has 1 aromatic carbocycles. The number of nitrogens with zero attached hydrogens (tertiary/aromatic N) is 1. The van der Waals surface area contributed by atoms with Gasteiger partial charge in [-0.05, 0) is 31.7 Å². The van der Waals surface area contributed by atoms with Gasteiger partial charge < -0.3 is 10.8 Å². The third-order valence-electron chi connectivity index (χ3n) is 2.89. The van der Waals surface area contributed by atoms with Crippen LogP contribution in [0, 0.1) is 0 Å². The molecule has 0 aliphatic carbocycles. The predicted octanol–water partition coefficient (Wildman–Crippen LogP) is 1.71. The van der Waals surface area contributed by atoms with E-state index >= 15 is 0 Å². The largest absolute Gasteiger partial charge is 0.480 e. The Morgan fingerprint density at radius 1 is 1.38 bits per heavy atom. The molecule has 21 heavy (non-hydrogen) atoms. The van der Waals surface area contributed by atoms with Crippen molar-refractivity contribution in [2.24, 2.45) is 10.7 Å². The number of carbonyl (C=O) groups is 1. The first-order valence-corrected chi connectivity index (χ1v) is 7.00. The Kier molecular flexibility index (Phi) is 8.08. The topological polar surface area (TPSA) is 96.9 Å². The molecule has 0 aliphatic rings. The van der Waals surface area contributed by atoms with Crippen LogP contribution in [-0.2, 0) is 16.2 Å². The lowest BCUT2D eigenvalue weighted by Crippen LogP contribution is -2.29. The number of carboxylic acids is 1. The van der Waals surface area contributed by atoms with Gasteiger partial charge in [0.25, 0.3) is 0 Å². The Hall–Kier alpha value is -1.92. The second-order valence-corrected chi connectivity index (χ2v) is 4.78. The van der Waals surface area contributed by atoms with Crippen LogP contribution in [-0.4, -0.2) is 29.5 Å². The number of amidine groups is 1. The molecular weight excluding hydrogens is 270 g/mol. The Morgan fingerprint density at radius 3 is 2.76 bits per heavy atom. The molecule has 0 amide bonds. The predicted molar refractivity (Wildman–Crippen MR) is 81.8 cm³/mol. The van der Waals surface area contributed by atoms with Crippen molar-refractivity contribution < 1.29 is 14.7 Å². The van der Waals surface area contributed by atoms with Gasteiger partial charge in [-0.3, -0.25) is 20.1 Å². The summed E-state index contributed by atoms with van der Waals surface area (Å²) >= 11 is 0. The molecule has 0 aromatic heterocycles. The minimum Gasteiger partial charge on any atom is -0.480 e. The third-order valence-corrected chi connectivity index (χ3v) is 2.89. The van der Waals surface area contributed by atoms with Crippen LogP contribution in [0.1, 0.15) is 31.7 Å². The highest BCUT2D eigenvalue weighted by Gasteiger charge is 2.09. The molecule has 6 nitrogen and oxygen atoms in total. The molecule has 0 saturated carbocycles. The van der Waals surface area contributed by atoms with E-state index in [1.807, 2.05) is 37.3 Å². The highest BCUT2D eigenvalue weighted by Crippen LogP contribution is 2.00. The third kappa shape index (κ3) is 8.06. The van der Waals surface area contributed by atoms with Gasteiger partial charge in [0, 0.05) is 6.54 Å². The molecule has 1 aromatic rings. The zero-order valence-electron chi connectivity index (χ0n) is 12.3. The van der Waals surface area contributed by atoms with Crippen LogP contribution in [0.5, 0.6) is 0 Å². The molecule has 4 N–H and O–H groups in total. The molecule has 6 heteroatoms. The fraction of sp³-hybridized carbons (Fsp3) is 0.467. The van der Waals surface area contributed by atoms with Gasteiger partial charge in [0.15, 0.2) is 0 Å². The average Bonchev–Trinajstić information content (AvgIpc) is 2.47. The number of carboxylic acid groups (broad SMARTS) is 1. The van der Waals surface area contributed by atoms with Crippen LogP contribution in [0.3, 0.4) is 0 Å². The second kappa shape index (κ2) is 9.90. The lowest BCUT2D eigenvalue weighted by atomic mass is 10.1. The van der Waals surface area contributed by atoms with E-state index in [0.29, 0.717) is 25.4 Å². The summed E-state index contributed by atoms with van der Waals surface area (Å²) in [6.07, 6.45) is 2.02. The van der Waals surface area contributed by atoms with Crippen molar-refractivity contribution in [3.8, 4) is 0 Å². The van der Waals surface area contributed by atoms with Gasteiger partial charge in [0.05, 0.1) is 6.61 Å². The van der Waals surface area contributed by atoms with Crippen LogP contribution >= 0.6 is 0 Å². The first-order valence-electron chi connectivity index (χ1n) is 7.00. The summed E-state index contributed by atoms with van der Waals surface area (Å²) in [5.74, 6) is -0.251. The monoisotopic (exact) mass is 293 g/mol. The van der Waals surface area contributed by atoms with E-state index in [1.54, 1.807) is 0 Å². The number of unbranched alkanes of at least 4 members (excludes halogenated alkanes) is 1. The van der Waals surface area contributed by atoms with Crippen molar-refractivity contribution in [2.45, 2.75) is 38.8 Å². The summed E-state index contributed by atoms with van der Waals surface area (Å²) in [5, 5.41) is 8.64. The average molecular weight is 293 g/mol. The number of hydrogen-bond donors (Lipinski definition) is 3. The lowest BCUT2D eigenvalue weighted by molar-refractivity contribution is -0.138. The zero-order valence-corrected chi connectivity index (χ0v) is 12.3. The Bertz CT molecular complexity index is 449. The molecule has 0 radical (unpaired) electrons. The fourth-order valence-corrected chi connectivity index (χ4v) is 1.68. The van der Waals surface area contributed by atoms with Crippen molar-refractivity contribution in [1.82, 2.24) is 5.48 Å². The van der Waals surface area contributed by atoms with Crippen LogP contribution < -0.4 is 11.2 Å². The molecule has 0 fully saturated rings. The van der Waals surface area contributed by atoms with E-state index in [9.17, 15) is 4.79 Å². The summed E-state index contributed by atoms with van der Waals surface area (Å²) in [4.78, 5) is 20.1. The van der Waals surface area contributed by atoms with Gasteiger partial charge in [0.1, 0.15) is 11.9 Å². The van der Waals surface area contributed by atoms with E-state index in [4.69, 9.17) is 15.7 Å². The molecule has 1 rings (SSSR count). The molecular formula is C15H23N3O3. The molecule has 0 heterocycles. The minimum atomic E-state index is -0.953. The summed E-state index contributed by atoms with van der Waals surface area (Å²) in [7, 11) is 0. The number of hydrogen-bond acceptors (Lipinski definition) is 4. The Balaban J connectivity index is 2.09. The zero-order chi connectivity index (χ0) is 15.5. The van der Waals surface area contributed by atoms with Crippen LogP contribution in [0.15, 0.2) is 35.3 Å². The summed E-state index contributed by atoms with van der Waals surface area (Å²) in [6.45, 7) is 2.93. The SMILES string of the molecule is CC(=NCCCCC(N)C(=O)O)NOCc1ccccc1. The van der Waals surface area contributed by atoms with E-state index in [-0.39, 0.29) is 0 Å². The van der Waals surface area contributed by atoms with Crippen molar-refractivity contribution >= 4 is 11.8 Å². The van der Waals surface area contributed by atoms with Crippen LogP contribution in [0.25, 0.3) is 0 Å². The summed E-state index contributed by atoms with van der Waals surface area (Å²) in [6, 6.07) is 9.07. The molecule has 0 bridgehead atoms. The van der Waals surface area contributed by atoms with Crippen LogP contribution in [0.4, 0.5) is 0 Å². The van der Waals surface area contributed by atoms with E-state index in [1.165, 1.54) is 0 Å². The number of nitrogens with two attached hydrogens (primary N) is 1. The molecule has 0 saturated heterocycles. The summed E-state index contributed by atoms with van der Waals surface area (Å²) < 4.78 is 0.